The monoisotopic (exact) mass is 562 g/mol. The molecule has 0 saturated heterocycles. The zero-order valence-electron chi connectivity index (χ0n) is 24.1. The fraction of sp³-hybridized carbons (Fsp3) is 0.333. The number of carbonyl (C=O) groups excluding carboxylic acids is 4. The van der Waals surface area contributed by atoms with Crippen LogP contribution in [0.1, 0.15) is 61.8 Å². The minimum absolute atomic E-state index is 0.154. The second-order valence-electron chi connectivity index (χ2n) is 9.76. The van der Waals surface area contributed by atoms with Gasteiger partial charge in [-0.15, -0.1) is 0 Å². The standard InChI is InChI=1S/C33H38O8/c1-22(2)31(35)39-18-10-7-11-26-19-24(5)30(28(20-26)12-8-9-17-38-21-34)41-33(37)25(6)27-13-15-29(16-14-27)40-32(36)23(3)4/h13-16,19-21H,1,3,6-12,17-18H2,2,4-5H3. The Balaban J connectivity index is 2.12. The fourth-order valence-electron chi connectivity index (χ4n) is 3.86. The Morgan fingerprint density at radius 3 is 2.05 bits per heavy atom. The maximum absolute atomic E-state index is 13.1. The Hall–Kier alpha value is -4.46. The highest BCUT2D eigenvalue weighted by Crippen LogP contribution is 2.30. The lowest BCUT2D eigenvalue weighted by Gasteiger charge is -2.16. The molecule has 0 amide bonds. The van der Waals surface area contributed by atoms with E-state index >= 15 is 0 Å². The summed E-state index contributed by atoms with van der Waals surface area (Å²) in [5.74, 6) is -0.733. The van der Waals surface area contributed by atoms with Crippen molar-refractivity contribution in [2.75, 3.05) is 13.2 Å². The Kier molecular flexibility index (Phi) is 13.3. The van der Waals surface area contributed by atoms with Crippen LogP contribution in [-0.4, -0.2) is 37.6 Å². The number of aryl methyl sites for hydroxylation is 3. The Bertz CT molecular complexity index is 1290. The molecule has 0 saturated carbocycles. The van der Waals surface area contributed by atoms with Crippen molar-refractivity contribution in [1.29, 1.82) is 0 Å². The third-order valence-corrected chi connectivity index (χ3v) is 6.08. The van der Waals surface area contributed by atoms with Gasteiger partial charge in [0, 0.05) is 11.1 Å². The van der Waals surface area contributed by atoms with Gasteiger partial charge in [0.25, 0.3) is 6.47 Å². The molecule has 2 aromatic rings. The number of hydrogen-bond acceptors (Lipinski definition) is 8. The smallest absolute Gasteiger partial charge is 0.343 e. The molecule has 0 fully saturated rings. The van der Waals surface area contributed by atoms with Crippen LogP contribution in [0.25, 0.3) is 5.57 Å². The van der Waals surface area contributed by atoms with E-state index in [0.29, 0.717) is 61.6 Å². The Labute approximate surface area is 241 Å². The van der Waals surface area contributed by atoms with Crippen molar-refractivity contribution in [3.05, 3.63) is 89.5 Å². The number of benzene rings is 2. The van der Waals surface area contributed by atoms with Gasteiger partial charge in [0.05, 0.1) is 18.8 Å². The average Bonchev–Trinajstić information content (AvgIpc) is 2.94. The summed E-state index contributed by atoms with van der Waals surface area (Å²) in [6.45, 7) is 17.2. The van der Waals surface area contributed by atoms with Crippen LogP contribution in [0, 0.1) is 6.92 Å². The van der Waals surface area contributed by atoms with Crippen LogP contribution in [0.4, 0.5) is 0 Å². The van der Waals surface area contributed by atoms with Crippen LogP contribution in [0.5, 0.6) is 11.5 Å². The summed E-state index contributed by atoms with van der Waals surface area (Å²) in [6.07, 6.45) is 4.28. The summed E-state index contributed by atoms with van der Waals surface area (Å²) in [6, 6.07) is 10.4. The van der Waals surface area contributed by atoms with Crippen LogP contribution < -0.4 is 9.47 Å². The molecule has 0 spiro atoms. The van der Waals surface area contributed by atoms with E-state index in [1.54, 1.807) is 38.1 Å². The molecule has 0 radical (unpaired) electrons. The van der Waals surface area contributed by atoms with Crippen molar-refractivity contribution in [1.82, 2.24) is 0 Å². The quantitative estimate of drug-likeness (QED) is 0.0756. The van der Waals surface area contributed by atoms with E-state index in [1.165, 1.54) is 0 Å². The third-order valence-electron chi connectivity index (χ3n) is 6.08. The van der Waals surface area contributed by atoms with Crippen LogP contribution in [0.15, 0.2) is 67.3 Å². The maximum Gasteiger partial charge on any atom is 0.343 e. The molecular weight excluding hydrogens is 524 g/mol. The largest absolute Gasteiger partial charge is 0.468 e. The van der Waals surface area contributed by atoms with Gasteiger partial charge in [-0.1, -0.05) is 44.0 Å². The van der Waals surface area contributed by atoms with E-state index in [4.69, 9.17) is 18.9 Å². The summed E-state index contributed by atoms with van der Waals surface area (Å²) >= 11 is 0. The van der Waals surface area contributed by atoms with E-state index in [-0.39, 0.29) is 11.1 Å². The first kappa shape index (κ1) is 32.8. The minimum atomic E-state index is -0.600. The number of rotatable bonds is 17. The summed E-state index contributed by atoms with van der Waals surface area (Å²) in [7, 11) is 0. The van der Waals surface area contributed by atoms with E-state index < -0.39 is 17.9 Å². The number of ether oxygens (including phenoxy) is 4. The molecular formula is C33H38O8. The molecule has 0 unspecified atom stereocenters. The molecule has 8 nitrogen and oxygen atoms in total. The predicted octanol–water partition coefficient (Wildman–Crippen LogP) is 6.03. The zero-order chi connectivity index (χ0) is 30.4. The topological polar surface area (TPSA) is 105 Å². The van der Waals surface area contributed by atoms with E-state index in [1.807, 2.05) is 19.1 Å². The molecule has 0 aromatic heterocycles. The minimum Gasteiger partial charge on any atom is -0.468 e. The summed E-state index contributed by atoms with van der Waals surface area (Å²) in [5, 5.41) is 0. The molecule has 218 valence electrons. The first-order valence-electron chi connectivity index (χ1n) is 13.4. The van der Waals surface area contributed by atoms with Crippen molar-refractivity contribution in [3.8, 4) is 11.5 Å². The van der Waals surface area contributed by atoms with Gasteiger partial charge in [0.1, 0.15) is 11.5 Å². The zero-order valence-corrected chi connectivity index (χ0v) is 24.1. The van der Waals surface area contributed by atoms with Gasteiger partial charge in [-0.05, 0) is 93.7 Å². The maximum atomic E-state index is 13.1. The van der Waals surface area contributed by atoms with Gasteiger partial charge in [-0.3, -0.25) is 4.79 Å². The van der Waals surface area contributed by atoms with Crippen molar-refractivity contribution >= 4 is 30.0 Å². The molecule has 0 N–H and O–H groups in total. The third kappa shape index (κ3) is 10.9. The highest BCUT2D eigenvalue weighted by atomic mass is 16.5. The van der Waals surface area contributed by atoms with Gasteiger partial charge in [-0.2, -0.15) is 0 Å². The average molecular weight is 563 g/mol. The lowest BCUT2D eigenvalue weighted by atomic mass is 9.97. The van der Waals surface area contributed by atoms with Gasteiger partial charge in [0.15, 0.2) is 0 Å². The van der Waals surface area contributed by atoms with Gasteiger partial charge >= 0.3 is 17.9 Å². The molecule has 2 rings (SSSR count). The van der Waals surface area contributed by atoms with Crippen LogP contribution in [0.3, 0.4) is 0 Å². The molecule has 0 bridgehead atoms. The predicted molar refractivity (Wildman–Crippen MR) is 156 cm³/mol. The number of hydrogen-bond donors (Lipinski definition) is 0. The second kappa shape index (κ2) is 16.6. The van der Waals surface area contributed by atoms with Gasteiger partial charge in [-0.25, -0.2) is 14.4 Å². The summed E-state index contributed by atoms with van der Waals surface area (Å²) in [4.78, 5) is 46.8. The van der Waals surface area contributed by atoms with E-state index in [2.05, 4.69) is 19.7 Å². The normalized spacial score (nSPS) is 10.3. The highest BCUT2D eigenvalue weighted by Gasteiger charge is 2.18. The highest BCUT2D eigenvalue weighted by molar-refractivity contribution is 6.16. The molecule has 41 heavy (non-hydrogen) atoms. The van der Waals surface area contributed by atoms with Crippen molar-refractivity contribution in [2.45, 2.75) is 59.3 Å². The lowest BCUT2D eigenvalue weighted by Crippen LogP contribution is -2.13. The van der Waals surface area contributed by atoms with Crippen LogP contribution in [0.2, 0.25) is 0 Å². The summed E-state index contributed by atoms with van der Waals surface area (Å²) in [5.41, 5.74) is 4.07. The number of carbonyl (C=O) groups is 4. The molecule has 0 aliphatic heterocycles. The summed E-state index contributed by atoms with van der Waals surface area (Å²) < 4.78 is 21.0. The Morgan fingerprint density at radius 2 is 1.41 bits per heavy atom. The van der Waals surface area contributed by atoms with E-state index in [0.717, 1.165) is 36.0 Å². The van der Waals surface area contributed by atoms with Gasteiger partial charge < -0.3 is 18.9 Å². The SMILES string of the molecule is C=C(C)C(=O)OCCCCc1cc(C)c(OC(=O)C(=C)c2ccc(OC(=O)C(=C)C)cc2)c(CCCCOC=O)c1. The number of unbranched alkanes of at least 4 members (excludes halogenated alkanes) is 2. The first-order chi connectivity index (χ1) is 19.5. The van der Waals surface area contributed by atoms with Crippen LogP contribution in [-0.2, 0) is 41.5 Å². The van der Waals surface area contributed by atoms with Crippen molar-refractivity contribution in [2.24, 2.45) is 0 Å². The molecule has 0 heterocycles. The number of esters is 3. The van der Waals surface area contributed by atoms with E-state index in [9.17, 15) is 19.2 Å². The molecule has 0 atom stereocenters. The fourth-order valence-corrected chi connectivity index (χ4v) is 3.86. The molecule has 0 aliphatic rings. The van der Waals surface area contributed by atoms with Crippen molar-refractivity contribution < 1.29 is 38.1 Å². The first-order valence-corrected chi connectivity index (χ1v) is 13.4. The Morgan fingerprint density at radius 1 is 0.780 bits per heavy atom. The van der Waals surface area contributed by atoms with Gasteiger partial charge in [0.2, 0.25) is 0 Å². The lowest BCUT2D eigenvalue weighted by molar-refractivity contribution is -0.139. The van der Waals surface area contributed by atoms with Crippen LogP contribution >= 0.6 is 0 Å². The molecule has 0 aliphatic carbocycles. The van der Waals surface area contributed by atoms with Crippen molar-refractivity contribution in [3.63, 3.8) is 0 Å². The molecule has 2 aromatic carbocycles. The second-order valence-corrected chi connectivity index (χ2v) is 9.76. The molecule has 8 heteroatoms.